The molecule has 0 heterocycles. The number of carbonyl (C=O) groups excluding carboxylic acids is 1. The average Bonchev–Trinajstić information content (AvgIpc) is 2.66. The van der Waals surface area contributed by atoms with E-state index in [0.29, 0.717) is 35.2 Å². The first-order valence-electron chi connectivity index (χ1n) is 7.88. The highest BCUT2D eigenvalue weighted by atomic mass is 16.5. The van der Waals surface area contributed by atoms with Crippen LogP contribution in [0, 0.1) is 0 Å². The Labute approximate surface area is 147 Å². The van der Waals surface area contributed by atoms with Gasteiger partial charge in [0.05, 0.1) is 27.9 Å². The van der Waals surface area contributed by atoms with Crippen molar-refractivity contribution >= 4 is 11.9 Å². The fourth-order valence-electron chi connectivity index (χ4n) is 2.31. The van der Waals surface area contributed by atoms with Crippen LogP contribution in [0.1, 0.15) is 22.8 Å². The van der Waals surface area contributed by atoms with Crippen molar-refractivity contribution in [3.63, 3.8) is 0 Å². The minimum Gasteiger partial charge on any atom is -0.497 e. The number of methoxy groups -OCH3 is 3. The molecule has 2 aromatic rings. The van der Waals surface area contributed by atoms with Gasteiger partial charge < -0.3 is 18.9 Å². The first-order valence-corrected chi connectivity index (χ1v) is 7.88. The van der Waals surface area contributed by atoms with Crippen molar-refractivity contribution in [2.75, 3.05) is 27.9 Å². The lowest BCUT2D eigenvalue weighted by Gasteiger charge is -2.14. The highest BCUT2D eigenvalue weighted by molar-refractivity contribution is 6.06. The topological polar surface area (TPSA) is 54.0 Å². The zero-order chi connectivity index (χ0) is 18.2. The van der Waals surface area contributed by atoms with E-state index in [1.165, 1.54) is 6.08 Å². The van der Waals surface area contributed by atoms with E-state index in [-0.39, 0.29) is 5.78 Å². The van der Waals surface area contributed by atoms with Crippen molar-refractivity contribution in [2.45, 2.75) is 6.92 Å². The molecule has 0 aliphatic carbocycles. The Bertz CT molecular complexity index is 722. The molecule has 0 atom stereocenters. The van der Waals surface area contributed by atoms with Crippen molar-refractivity contribution in [3.8, 4) is 23.0 Å². The fraction of sp³-hybridized carbons (Fsp3) is 0.250. The molecule has 0 radical (unpaired) electrons. The maximum absolute atomic E-state index is 12.3. The number of ketones is 1. The molecule has 0 N–H and O–H groups in total. The summed E-state index contributed by atoms with van der Waals surface area (Å²) in [6.07, 6.45) is 3.23. The lowest BCUT2D eigenvalue weighted by Crippen LogP contribution is -1.99. The second-order valence-electron chi connectivity index (χ2n) is 5.11. The summed E-state index contributed by atoms with van der Waals surface area (Å²) in [5.41, 5.74) is 1.36. The van der Waals surface area contributed by atoms with E-state index >= 15 is 0 Å². The first-order chi connectivity index (χ1) is 12.1. The summed E-state index contributed by atoms with van der Waals surface area (Å²) in [4.78, 5) is 12.3. The van der Waals surface area contributed by atoms with E-state index in [1.54, 1.807) is 63.8 Å². The third-order valence-corrected chi connectivity index (χ3v) is 3.57. The summed E-state index contributed by atoms with van der Waals surface area (Å²) in [5, 5.41) is 0. The van der Waals surface area contributed by atoms with Crippen LogP contribution < -0.4 is 18.9 Å². The standard InChI is InChI=1S/C20H22O5/c1-5-25-20-18(23-3)12-14(13-19(20)24-4)6-11-17(21)15-7-9-16(22-2)10-8-15/h6-13H,5H2,1-4H3/b11-6+. The van der Waals surface area contributed by atoms with Gasteiger partial charge in [-0.15, -0.1) is 0 Å². The largest absolute Gasteiger partial charge is 0.497 e. The first kappa shape index (κ1) is 18.4. The summed E-state index contributed by atoms with van der Waals surface area (Å²) in [5.74, 6) is 2.26. The molecule has 0 bridgehead atoms. The second kappa shape index (κ2) is 8.78. The van der Waals surface area contributed by atoms with Crippen LogP contribution in [0.5, 0.6) is 23.0 Å². The Balaban J connectivity index is 2.25. The average molecular weight is 342 g/mol. The Hall–Kier alpha value is -2.95. The van der Waals surface area contributed by atoms with Crippen LogP contribution in [-0.4, -0.2) is 33.7 Å². The molecule has 2 rings (SSSR count). The van der Waals surface area contributed by atoms with Gasteiger partial charge in [0.25, 0.3) is 0 Å². The molecule has 0 spiro atoms. The summed E-state index contributed by atoms with van der Waals surface area (Å²) in [7, 11) is 4.71. The van der Waals surface area contributed by atoms with Gasteiger partial charge in [0, 0.05) is 5.56 Å². The SMILES string of the molecule is CCOc1c(OC)cc(/C=C/C(=O)c2ccc(OC)cc2)cc1OC. The van der Waals surface area contributed by atoms with Crippen LogP contribution in [0.3, 0.4) is 0 Å². The number of hydrogen-bond donors (Lipinski definition) is 0. The van der Waals surface area contributed by atoms with E-state index in [1.807, 2.05) is 6.92 Å². The van der Waals surface area contributed by atoms with E-state index in [9.17, 15) is 4.79 Å². The highest BCUT2D eigenvalue weighted by Gasteiger charge is 2.13. The minimum atomic E-state index is -0.102. The van der Waals surface area contributed by atoms with Crippen molar-refractivity contribution in [1.82, 2.24) is 0 Å². The number of hydrogen-bond acceptors (Lipinski definition) is 5. The van der Waals surface area contributed by atoms with Crippen LogP contribution in [0.2, 0.25) is 0 Å². The molecule has 5 nitrogen and oxygen atoms in total. The van der Waals surface area contributed by atoms with Gasteiger partial charge in [-0.05, 0) is 55.0 Å². The van der Waals surface area contributed by atoms with Gasteiger partial charge >= 0.3 is 0 Å². The zero-order valence-corrected chi connectivity index (χ0v) is 14.9. The van der Waals surface area contributed by atoms with Crippen molar-refractivity contribution in [1.29, 1.82) is 0 Å². The van der Waals surface area contributed by atoms with Gasteiger partial charge in [-0.1, -0.05) is 6.08 Å². The van der Waals surface area contributed by atoms with Crippen molar-refractivity contribution < 1.29 is 23.7 Å². The molecule has 0 unspecified atom stereocenters. The molecular weight excluding hydrogens is 320 g/mol. The van der Waals surface area contributed by atoms with Gasteiger partial charge in [-0.25, -0.2) is 0 Å². The molecule has 0 saturated heterocycles. The third-order valence-electron chi connectivity index (χ3n) is 3.57. The maximum atomic E-state index is 12.3. The molecule has 25 heavy (non-hydrogen) atoms. The number of rotatable bonds is 8. The van der Waals surface area contributed by atoms with E-state index < -0.39 is 0 Å². The molecule has 0 aliphatic rings. The summed E-state index contributed by atoms with van der Waals surface area (Å²) >= 11 is 0. The lowest BCUT2D eigenvalue weighted by atomic mass is 10.1. The predicted molar refractivity (Wildman–Crippen MR) is 97.1 cm³/mol. The van der Waals surface area contributed by atoms with Crippen LogP contribution in [0.15, 0.2) is 42.5 Å². The second-order valence-corrected chi connectivity index (χ2v) is 5.11. The van der Waals surface area contributed by atoms with Gasteiger partial charge in [-0.2, -0.15) is 0 Å². The highest BCUT2D eigenvalue weighted by Crippen LogP contribution is 2.38. The minimum absolute atomic E-state index is 0.102. The number of benzene rings is 2. The predicted octanol–water partition coefficient (Wildman–Crippen LogP) is 4.01. The van der Waals surface area contributed by atoms with Crippen molar-refractivity contribution in [3.05, 3.63) is 53.6 Å². The normalized spacial score (nSPS) is 10.6. The fourth-order valence-corrected chi connectivity index (χ4v) is 2.31. The van der Waals surface area contributed by atoms with E-state index in [2.05, 4.69) is 0 Å². The van der Waals surface area contributed by atoms with Crippen LogP contribution in [-0.2, 0) is 0 Å². The number of ether oxygens (including phenoxy) is 4. The molecule has 2 aromatic carbocycles. The van der Waals surface area contributed by atoms with Crippen LogP contribution in [0.25, 0.3) is 6.08 Å². The van der Waals surface area contributed by atoms with E-state index in [4.69, 9.17) is 18.9 Å². The summed E-state index contributed by atoms with van der Waals surface area (Å²) in [6.45, 7) is 2.39. The quantitative estimate of drug-likeness (QED) is 0.536. The third kappa shape index (κ3) is 4.53. The number of allylic oxidation sites excluding steroid dienone is 1. The van der Waals surface area contributed by atoms with Crippen LogP contribution >= 0.6 is 0 Å². The van der Waals surface area contributed by atoms with Gasteiger partial charge in [-0.3, -0.25) is 4.79 Å². The Morgan fingerprint density at radius 3 is 2.04 bits per heavy atom. The monoisotopic (exact) mass is 342 g/mol. The molecule has 0 aliphatic heterocycles. The molecule has 0 fully saturated rings. The molecule has 132 valence electrons. The molecule has 0 amide bonds. The summed E-state index contributed by atoms with van der Waals surface area (Å²) in [6, 6.07) is 10.6. The number of carbonyl (C=O) groups is 1. The molecular formula is C20H22O5. The zero-order valence-electron chi connectivity index (χ0n) is 14.9. The Morgan fingerprint density at radius 1 is 0.960 bits per heavy atom. The Kier molecular flexibility index (Phi) is 6.46. The van der Waals surface area contributed by atoms with Gasteiger partial charge in [0.1, 0.15) is 5.75 Å². The smallest absolute Gasteiger partial charge is 0.203 e. The Morgan fingerprint density at radius 2 is 1.56 bits per heavy atom. The molecule has 5 heteroatoms. The van der Waals surface area contributed by atoms with Crippen LogP contribution in [0.4, 0.5) is 0 Å². The summed E-state index contributed by atoms with van der Waals surface area (Å²) < 4.78 is 21.4. The van der Waals surface area contributed by atoms with E-state index in [0.717, 1.165) is 5.56 Å². The lowest BCUT2D eigenvalue weighted by molar-refractivity contribution is 0.104. The van der Waals surface area contributed by atoms with Gasteiger partial charge in [0.15, 0.2) is 17.3 Å². The van der Waals surface area contributed by atoms with Gasteiger partial charge in [0.2, 0.25) is 5.75 Å². The molecule has 0 aromatic heterocycles. The maximum Gasteiger partial charge on any atom is 0.203 e. The van der Waals surface area contributed by atoms with Crippen molar-refractivity contribution in [2.24, 2.45) is 0 Å². The molecule has 0 saturated carbocycles.